The number of carbonyl (C=O) groups is 1. The van der Waals surface area contributed by atoms with E-state index in [0.717, 1.165) is 31.2 Å². The van der Waals surface area contributed by atoms with Gasteiger partial charge in [0.1, 0.15) is 0 Å². The lowest BCUT2D eigenvalue weighted by Crippen LogP contribution is -2.36. The van der Waals surface area contributed by atoms with E-state index >= 15 is 0 Å². The van der Waals surface area contributed by atoms with Crippen LogP contribution in [-0.2, 0) is 13.0 Å². The van der Waals surface area contributed by atoms with Gasteiger partial charge in [0, 0.05) is 18.2 Å². The summed E-state index contributed by atoms with van der Waals surface area (Å²) in [7, 11) is 3.12. The molecule has 168 valence electrons. The van der Waals surface area contributed by atoms with Gasteiger partial charge in [0.2, 0.25) is 0 Å². The first-order valence-electron chi connectivity index (χ1n) is 10.8. The molecule has 0 spiro atoms. The van der Waals surface area contributed by atoms with Crippen molar-refractivity contribution in [1.82, 2.24) is 14.9 Å². The Balaban J connectivity index is 1.56. The van der Waals surface area contributed by atoms with Crippen LogP contribution in [0.15, 0.2) is 46.0 Å². The Hall–Kier alpha value is -3.55. The molecule has 8 nitrogen and oxygen atoms in total. The number of rotatable bonds is 7. The van der Waals surface area contributed by atoms with Crippen molar-refractivity contribution >= 4 is 16.8 Å². The molecule has 1 aromatic heterocycles. The number of nitrogens with zero attached hydrogens (tertiary/aromatic N) is 1. The molecule has 8 heteroatoms. The lowest BCUT2D eigenvalue weighted by molar-refractivity contribution is 0.0938. The smallest absolute Gasteiger partial charge is 0.328 e. The lowest BCUT2D eigenvalue weighted by Gasteiger charge is -2.13. The molecule has 0 aliphatic heterocycles. The van der Waals surface area contributed by atoms with E-state index in [2.05, 4.69) is 10.3 Å². The second kappa shape index (κ2) is 9.30. The number of H-pyrrole nitrogens is 1. The Morgan fingerprint density at radius 3 is 2.53 bits per heavy atom. The number of aromatic nitrogens is 2. The normalized spacial score (nSPS) is 13.9. The summed E-state index contributed by atoms with van der Waals surface area (Å²) in [5.41, 5.74) is 0.820. The number of benzene rings is 2. The third-order valence-electron chi connectivity index (χ3n) is 6.01. The predicted molar refractivity (Wildman–Crippen MR) is 122 cm³/mol. The number of hydrogen-bond donors (Lipinski definition) is 2. The molecule has 3 aromatic rings. The van der Waals surface area contributed by atoms with Crippen LogP contribution in [0.25, 0.3) is 10.9 Å². The maximum atomic E-state index is 13.0. The van der Waals surface area contributed by atoms with Gasteiger partial charge in [0.25, 0.3) is 11.5 Å². The van der Waals surface area contributed by atoms with Crippen molar-refractivity contribution in [3.63, 3.8) is 0 Å². The molecule has 4 rings (SSSR count). The summed E-state index contributed by atoms with van der Waals surface area (Å²) in [6, 6.07) is 10.5. The van der Waals surface area contributed by atoms with Gasteiger partial charge in [-0.2, -0.15) is 0 Å². The van der Waals surface area contributed by atoms with E-state index in [1.165, 1.54) is 4.57 Å². The van der Waals surface area contributed by atoms with E-state index in [1.54, 1.807) is 38.5 Å². The molecule has 1 amide bonds. The molecule has 0 atom stereocenters. The zero-order valence-corrected chi connectivity index (χ0v) is 18.3. The van der Waals surface area contributed by atoms with Crippen LogP contribution in [0, 0.1) is 0 Å². The number of hydrogen-bond acceptors (Lipinski definition) is 5. The first-order valence-corrected chi connectivity index (χ1v) is 10.8. The molecule has 2 N–H and O–H groups in total. The van der Waals surface area contributed by atoms with Crippen molar-refractivity contribution in [2.75, 3.05) is 14.2 Å². The van der Waals surface area contributed by atoms with Crippen LogP contribution in [0.4, 0.5) is 0 Å². The molecule has 0 bridgehead atoms. The molecular weight excluding hydrogens is 410 g/mol. The van der Waals surface area contributed by atoms with E-state index < -0.39 is 5.69 Å². The Morgan fingerprint density at radius 2 is 1.81 bits per heavy atom. The number of fused-ring (bicyclic) bond motifs is 1. The number of methoxy groups -OCH3 is 2. The van der Waals surface area contributed by atoms with Gasteiger partial charge in [-0.1, -0.05) is 18.9 Å². The average Bonchev–Trinajstić information content (AvgIpc) is 3.31. The fourth-order valence-corrected chi connectivity index (χ4v) is 4.21. The first kappa shape index (κ1) is 21.7. The number of nitrogens with one attached hydrogen (secondary N) is 2. The number of amides is 1. The molecule has 0 radical (unpaired) electrons. The first-order chi connectivity index (χ1) is 15.5. The minimum absolute atomic E-state index is 0.183. The van der Waals surface area contributed by atoms with Crippen molar-refractivity contribution in [3.8, 4) is 11.5 Å². The maximum Gasteiger partial charge on any atom is 0.328 e. The van der Waals surface area contributed by atoms with Crippen LogP contribution >= 0.6 is 0 Å². The molecule has 0 saturated heterocycles. The number of aromatic amines is 1. The average molecular weight is 437 g/mol. The summed E-state index contributed by atoms with van der Waals surface area (Å²) in [6.07, 6.45) is 4.69. The van der Waals surface area contributed by atoms with Gasteiger partial charge in [-0.3, -0.25) is 14.2 Å². The van der Waals surface area contributed by atoms with Crippen LogP contribution in [0.1, 0.15) is 41.6 Å². The maximum absolute atomic E-state index is 13.0. The number of ether oxygens (including phenoxy) is 2. The summed E-state index contributed by atoms with van der Waals surface area (Å²) in [5.74, 6) is 1.02. The lowest BCUT2D eigenvalue weighted by atomic mass is 10.1. The molecule has 1 aliphatic carbocycles. The molecule has 0 unspecified atom stereocenters. The van der Waals surface area contributed by atoms with Gasteiger partial charge in [-0.15, -0.1) is 0 Å². The Labute approximate surface area is 185 Å². The van der Waals surface area contributed by atoms with Crippen molar-refractivity contribution in [1.29, 1.82) is 0 Å². The highest BCUT2D eigenvalue weighted by atomic mass is 16.5. The van der Waals surface area contributed by atoms with Crippen LogP contribution in [0.5, 0.6) is 11.5 Å². The minimum Gasteiger partial charge on any atom is -0.493 e. The fraction of sp³-hybridized carbons (Fsp3) is 0.375. The van der Waals surface area contributed by atoms with E-state index in [9.17, 15) is 14.4 Å². The predicted octanol–water partition coefficient (Wildman–Crippen LogP) is 2.62. The molecular formula is C24H27N3O5. The highest BCUT2D eigenvalue weighted by Crippen LogP contribution is 2.27. The molecule has 1 heterocycles. The van der Waals surface area contributed by atoms with Crippen molar-refractivity contribution in [3.05, 3.63) is 68.4 Å². The molecule has 1 saturated carbocycles. The SMILES string of the molecule is COc1ccc(CCn2c(=O)[nH]c3cc(C(=O)NC4CCCC4)ccc3c2=O)cc1OC. The van der Waals surface area contributed by atoms with Crippen molar-refractivity contribution in [2.24, 2.45) is 0 Å². The van der Waals surface area contributed by atoms with Crippen LogP contribution in [0.3, 0.4) is 0 Å². The largest absolute Gasteiger partial charge is 0.493 e. The van der Waals surface area contributed by atoms with E-state index in [-0.39, 0.29) is 24.1 Å². The van der Waals surface area contributed by atoms with Crippen molar-refractivity contribution < 1.29 is 14.3 Å². The summed E-state index contributed by atoms with van der Waals surface area (Å²) in [6.45, 7) is 0.212. The Kier molecular flexibility index (Phi) is 6.30. The Bertz CT molecular complexity index is 1250. The van der Waals surface area contributed by atoms with Gasteiger partial charge < -0.3 is 19.8 Å². The van der Waals surface area contributed by atoms with Gasteiger partial charge in [0.05, 0.1) is 25.1 Å². The molecule has 1 aliphatic rings. The zero-order chi connectivity index (χ0) is 22.7. The molecule has 32 heavy (non-hydrogen) atoms. The standard InChI is InChI=1S/C24H27N3O5/c1-31-20-10-7-15(13-21(20)32-2)11-12-27-23(29)18-9-8-16(14-19(18)26-24(27)30)22(28)25-17-5-3-4-6-17/h7-10,13-14,17H,3-6,11-12H2,1-2H3,(H,25,28)(H,26,30). The quantitative estimate of drug-likeness (QED) is 0.592. The molecule has 2 aromatic carbocycles. The van der Waals surface area contributed by atoms with Crippen LogP contribution in [-0.4, -0.2) is 35.7 Å². The second-order valence-electron chi connectivity index (χ2n) is 8.04. The van der Waals surface area contributed by atoms with E-state index in [4.69, 9.17) is 9.47 Å². The third-order valence-corrected chi connectivity index (χ3v) is 6.01. The second-order valence-corrected chi connectivity index (χ2v) is 8.04. The monoisotopic (exact) mass is 437 g/mol. The van der Waals surface area contributed by atoms with Crippen molar-refractivity contribution in [2.45, 2.75) is 44.7 Å². The van der Waals surface area contributed by atoms with Gasteiger partial charge in [0.15, 0.2) is 11.5 Å². The Morgan fingerprint density at radius 1 is 1.06 bits per heavy atom. The summed E-state index contributed by atoms with van der Waals surface area (Å²) < 4.78 is 11.7. The topological polar surface area (TPSA) is 102 Å². The highest BCUT2D eigenvalue weighted by Gasteiger charge is 2.18. The van der Waals surface area contributed by atoms with E-state index in [1.807, 2.05) is 12.1 Å². The van der Waals surface area contributed by atoms with Crippen LogP contribution < -0.4 is 26.0 Å². The van der Waals surface area contributed by atoms with Gasteiger partial charge >= 0.3 is 5.69 Å². The fourth-order valence-electron chi connectivity index (χ4n) is 4.21. The zero-order valence-electron chi connectivity index (χ0n) is 18.3. The van der Waals surface area contributed by atoms with Crippen LogP contribution in [0.2, 0.25) is 0 Å². The molecule has 1 fully saturated rings. The van der Waals surface area contributed by atoms with Gasteiger partial charge in [-0.25, -0.2) is 4.79 Å². The third kappa shape index (κ3) is 4.39. The summed E-state index contributed by atoms with van der Waals surface area (Å²) in [4.78, 5) is 40.9. The summed E-state index contributed by atoms with van der Waals surface area (Å²) in [5, 5.41) is 3.39. The minimum atomic E-state index is -0.503. The summed E-state index contributed by atoms with van der Waals surface area (Å²) >= 11 is 0. The van der Waals surface area contributed by atoms with E-state index in [0.29, 0.717) is 34.4 Å². The number of carbonyl (C=O) groups excluding carboxylic acids is 1. The number of aryl methyl sites for hydroxylation is 1. The van der Waals surface area contributed by atoms with Gasteiger partial charge in [-0.05, 0) is 55.2 Å². The highest BCUT2D eigenvalue weighted by molar-refractivity contribution is 5.97.